The van der Waals surface area contributed by atoms with Crippen molar-refractivity contribution in [1.82, 2.24) is 0 Å². The van der Waals surface area contributed by atoms with Crippen LogP contribution >= 0.6 is 0 Å². The van der Waals surface area contributed by atoms with E-state index < -0.39 is 60.6 Å². The third-order valence-corrected chi connectivity index (χ3v) is 10.6. The van der Waals surface area contributed by atoms with Crippen molar-refractivity contribution in [3.05, 3.63) is 47.5 Å². The minimum atomic E-state index is -4.83. The summed E-state index contributed by atoms with van der Waals surface area (Å²) < 4.78 is 120. The van der Waals surface area contributed by atoms with E-state index in [4.69, 9.17) is 0 Å². The van der Waals surface area contributed by atoms with Gasteiger partial charge in [-0.25, -0.2) is 16.8 Å². The van der Waals surface area contributed by atoms with Crippen molar-refractivity contribution in [2.24, 2.45) is 0 Å². The molecule has 1 saturated carbocycles. The van der Waals surface area contributed by atoms with Gasteiger partial charge in [0.1, 0.15) is 9.79 Å². The van der Waals surface area contributed by atoms with Crippen molar-refractivity contribution < 1.29 is 72.3 Å². The maximum absolute atomic E-state index is 12.1. The van der Waals surface area contributed by atoms with Crippen LogP contribution in [0.3, 0.4) is 0 Å². The van der Waals surface area contributed by atoms with Crippen molar-refractivity contribution in [3.8, 4) is 0 Å². The summed E-state index contributed by atoms with van der Waals surface area (Å²) in [5.74, 6) is 0. The molecule has 0 amide bonds. The van der Waals surface area contributed by atoms with Gasteiger partial charge in [-0.15, -0.1) is 0 Å². The molecule has 0 aromatic heterocycles. The summed E-state index contributed by atoms with van der Waals surface area (Å²) >= 11 is 0. The van der Waals surface area contributed by atoms with Gasteiger partial charge >= 0.3 is 29.6 Å². The zero-order chi connectivity index (χ0) is 27.1. The molecular formula is C20H24N2NaO10S4+. The third-order valence-electron chi connectivity index (χ3n) is 5.13. The van der Waals surface area contributed by atoms with Crippen LogP contribution in [0.2, 0.25) is 0 Å². The number of benzene rings is 2. The average Bonchev–Trinajstić information content (AvgIpc) is 3.57. The molecule has 37 heavy (non-hydrogen) atoms. The van der Waals surface area contributed by atoms with E-state index in [9.17, 15) is 42.8 Å². The van der Waals surface area contributed by atoms with E-state index in [1.165, 1.54) is 38.1 Å². The van der Waals surface area contributed by atoms with Gasteiger partial charge in [-0.2, -0.15) is 16.8 Å². The molecular weight excluding hydrogens is 579 g/mol. The van der Waals surface area contributed by atoms with Crippen LogP contribution in [0.4, 0.5) is 11.4 Å². The molecule has 0 atom stereocenters. The molecule has 0 unspecified atom stereocenters. The predicted octanol–water partition coefficient (Wildman–Crippen LogP) is -0.591. The number of rotatable bonds is 10. The molecule has 3 rings (SSSR count). The predicted molar refractivity (Wildman–Crippen MR) is 135 cm³/mol. The van der Waals surface area contributed by atoms with E-state index in [2.05, 4.69) is 9.44 Å². The largest absolute Gasteiger partial charge is 1.00 e. The van der Waals surface area contributed by atoms with Crippen LogP contribution in [0.1, 0.15) is 37.8 Å². The normalized spacial score (nSPS) is 14.9. The number of anilines is 2. The van der Waals surface area contributed by atoms with Gasteiger partial charge in [-0.05, 0) is 62.1 Å². The number of hydrogen-bond donors (Lipinski definition) is 4. The molecule has 1 fully saturated rings. The third kappa shape index (κ3) is 8.24. The Bertz CT molecular complexity index is 1530. The quantitative estimate of drug-likeness (QED) is 0.154. The van der Waals surface area contributed by atoms with Gasteiger partial charge in [0.05, 0.1) is 10.5 Å². The Labute approximate surface area is 238 Å². The Kier molecular flexibility index (Phi) is 9.70. The first kappa shape index (κ1) is 31.7. The number of sulfonamides is 2. The molecule has 198 valence electrons. The summed E-state index contributed by atoms with van der Waals surface area (Å²) in [6.45, 7) is 2.83. The maximum atomic E-state index is 12.1. The SMILES string of the molecule is CC(C)S(=O)(=O)Nc1ccc(/C=C/c2ccc(NS(=O)(=O)C3CC3)cc2S(=O)(=O)O)c(S(=O)(=O)O)c1.[Na+]. The number of nitrogens with one attached hydrogen (secondary N) is 2. The van der Waals surface area contributed by atoms with Gasteiger partial charge in [-0.1, -0.05) is 24.3 Å². The number of hydrogen-bond acceptors (Lipinski definition) is 8. The monoisotopic (exact) mass is 603 g/mol. The van der Waals surface area contributed by atoms with Crippen LogP contribution in [0.5, 0.6) is 0 Å². The van der Waals surface area contributed by atoms with Crippen LogP contribution in [0.15, 0.2) is 46.2 Å². The average molecular weight is 604 g/mol. The summed E-state index contributed by atoms with van der Waals surface area (Å²) in [4.78, 5) is -1.31. The molecule has 17 heteroatoms. The molecule has 12 nitrogen and oxygen atoms in total. The Morgan fingerprint density at radius 2 is 1.16 bits per heavy atom. The van der Waals surface area contributed by atoms with Gasteiger partial charge in [0.25, 0.3) is 20.2 Å². The Balaban J connectivity index is 0.00000481. The molecule has 0 heterocycles. The molecule has 0 saturated heterocycles. The van der Waals surface area contributed by atoms with Gasteiger partial charge in [-0.3, -0.25) is 18.5 Å². The first-order valence-corrected chi connectivity index (χ1v) is 16.3. The second-order valence-electron chi connectivity index (χ2n) is 8.33. The standard InChI is InChI=1S/C20H24N2O10S4.Na/c1-13(2)33(23,24)21-16-7-5-14(19(11-16)35(27,28)29)3-4-15-6-8-17(12-20(15)36(30,31)32)22-34(25,26)18-9-10-18;/h3-8,11-13,18,21-22H,9-10H2,1-2H3,(H,27,28,29)(H,30,31,32);/q;+1/b4-3+;. The van der Waals surface area contributed by atoms with Crippen LogP contribution in [-0.2, 0) is 40.3 Å². The van der Waals surface area contributed by atoms with Crippen LogP contribution in [-0.4, -0.2) is 53.3 Å². The van der Waals surface area contributed by atoms with E-state index in [0.717, 1.165) is 24.3 Å². The summed E-state index contributed by atoms with van der Waals surface area (Å²) in [5, 5.41) is -1.39. The topological polar surface area (TPSA) is 201 Å². The Morgan fingerprint density at radius 3 is 1.51 bits per heavy atom. The van der Waals surface area contributed by atoms with Crippen LogP contribution in [0.25, 0.3) is 12.2 Å². The van der Waals surface area contributed by atoms with E-state index in [1.54, 1.807) is 0 Å². The molecule has 0 aliphatic heterocycles. The summed E-state index contributed by atoms with van der Waals surface area (Å²) in [6, 6.07) is 6.71. The second-order valence-corrected chi connectivity index (χ2v) is 15.3. The van der Waals surface area contributed by atoms with Crippen molar-refractivity contribution in [2.45, 2.75) is 47.0 Å². The van der Waals surface area contributed by atoms with Gasteiger partial charge in [0, 0.05) is 11.4 Å². The van der Waals surface area contributed by atoms with Gasteiger partial charge in [0.2, 0.25) is 20.0 Å². The molecule has 0 bridgehead atoms. The molecule has 0 spiro atoms. The van der Waals surface area contributed by atoms with Crippen molar-refractivity contribution >= 4 is 63.8 Å². The Hall–Kier alpha value is -1.50. The molecule has 2 aromatic rings. The first-order chi connectivity index (χ1) is 16.4. The van der Waals surface area contributed by atoms with Gasteiger partial charge in [0.15, 0.2) is 0 Å². The molecule has 0 radical (unpaired) electrons. The van der Waals surface area contributed by atoms with Crippen LogP contribution < -0.4 is 39.0 Å². The van der Waals surface area contributed by atoms with Crippen LogP contribution in [0, 0.1) is 0 Å². The van der Waals surface area contributed by atoms with E-state index in [0.29, 0.717) is 12.8 Å². The minimum Gasteiger partial charge on any atom is -0.283 e. The summed E-state index contributed by atoms with van der Waals surface area (Å²) in [5.41, 5.74) is -0.450. The first-order valence-electron chi connectivity index (χ1n) is 10.3. The smallest absolute Gasteiger partial charge is 0.283 e. The zero-order valence-electron chi connectivity index (χ0n) is 20.0. The molecule has 4 N–H and O–H groups in total. The minimum absolute atomic E-state index is 0. The van der Waals surface area contributed by atoms with Gasteiger partial charge < -0.3 is 0 Å². The summed E-state index contributed by atoms with van der Waals surface area (Å²) in [7, 11) is -17.2. The summed E-state index contributed by atoms with van der Waals surface area (Å²) in [6.07, 6.45) is 3.22. The fourth-order valence-corrected chi connectivity index (χ4v) is 6.50. The molecule has 1 aliphatic carbocycles. The second kappa shape index (κ2) is 11.3. The van der Waals surface area contributed by atoms with Crippen molar-refractivity contribution in [3.63, 3.8) is 0 Å². The fraction of sp³-hybridized carbons (Fsp3) is 0.300. The maximum Gasteiger partial charge on any atom is 1.00 e. The Morgan fingerprint density at radius 1 is 0.757 bits per heavy atom. The zero-order valence-corrected chi connectivity index (χ0v) is 25.2. The van der Waals surface area contributed by atoms with E-state index in [1.807, 2.05) is 0 Å². The van der Waals surface area contributed by atoms with E-state index >= 15 is 0 Å². The van der Waals surface area contributed by atoms with E-state index in [-0.39, 0.29) is 52.1 Å². The van der Waals surface area contributed by atoms with Crippen molar-refractivity contribution in [2.75, 3.05) is 9.44 Å². The fourth-order valence-electron chi connectivity index (χ4n) is 3.01. The van der Waals surface area contributed by atoms with Crippen molar-refractivity contribution in [1.29, 1.82) is 0 Å². The molecule has 1 aliphatic rings. The molecule has 2 aromatic carbocycles.